The zero-order chi connectivity index (χ0) is 9.80. The van der Waals surface area contributed by atoms with E-state index in [2.05, 4.69) is 16.5 Å². The van der Waals surface area contributed by atoms with E-state index < -0.39 is 0 Å². The van der Waals surface area contributed by atoms with Crippen molar-refractivity contribution in [3.8, 4) is 0 Å². The maximum atomic E-state index is 4.32. The molecule has 0 amide bonds. The Morgan fingerprint density at radius 2 is 2.07 bits per heavy atom. The molecule has 1 aliphatic carbocycles. The van der Waals surface area contributed by atoms with Crippen LogP contribution in [-0.2, 0) is 19.4 Å². The molecule has 0 atom stereocenters. The minimum atomic E-state index is 0.955. The molecule has 2 heteroatoms. The van der Waals surface area contributed by atoms with Gasteiger partial charge in [0, 0.05) is 18.9 Å². The van der Waals surface area contributed by atoms with Crippen molar-refractivity contribution in [1.82, 2.24) is 10.3 Å². The molecule has 0 unspecified atom stereocenters. The summed E-state index contributed by atoms with van der Waals surface area (Å²) in [4.78, 5) is 4.32. The summed E-state index contributed by atoms with van der Waals surface area (Å²) < 4.78 is 0. The van der Waals surface area contributed by atoms with E-state index in [1.165, 1.54) is 43.2 Å². The zero-order valence-corrected chi connectivity index (χ0v) is 8.84. The van der Waals surface area contributed by atoms with E-state index in [0.717, 1.165) is 6.54 Å². The third kappa shape index (κ3) is 1.95. The van der Waals surface area contributed by atoms with Crippen molar-refractivity contribution in [2.45, 2.75) is 38.6 Å². The van der Waals surface area contributed by atoms with Gasteiger partial charge in [0.05, 0.1) is 0 Å². The molecular formula is C12H18N2. The minimum Gasteiger partial charge on any atom is -0.316 e. The van der Waals surface area contributed by atoms with Crippen LogP contribution in [0.25, 0.3) is 0 Å². The first-order chi connectivity index (χ1) is 6.92. The molecule has 1 aromatic heterocycles. The number of nitrogens with zero attached hydrogens (tertiary/aromatic N) is 1. The molecule has 1 heterocycles. The van der Waals surface area contributed by atoms with Gasteiger partial charge in [0.1, 0.15) is 0 Å². The van der Waals surface area contributed by atoms with Crippen molar-refractivity contribution < 1.29 is 0 Å². The number of aromatic nitrogens is 1. The Morgan fingerprint density at radius 1 is 1.21 bits per heavy atom. The van der Waals surface area contributed by atoms with Gasteiger partial charge in [0.15, 0.2) is 0 Å². The number of fused-ring (bicyclic) bond motifs is 1. The molecule has 0 radical (unpaired) electrons. The van der Waals surface area contributed by atoms with Crippen LogP contribution >= 0.6 is 0 Å². The molecule has 1 aromatic rings. The Morgan fingerprint density at radius 3 is 2.93 bits per heavy atom. The van der Waals surface area contributed by atoms with Crippen LogP contribution in [0.2, 0.25) is 0 Å². The van der Waals surface area contributed by atoms with Crippen molar-refractivity contribution >= 4 is 0 Å². The van der Waals surface area contributed by atoms with Gasteiger partial charge in [0.25, 0.3) is 0 Å². The average Bonchev–Trinajstić information content (AvgIpc) is 2.44. The van der Waals surface area contributed by atoms with Crippen molar-refractivity contribution in [2.24, 2.45) is 0 Å². The van der Waals surface area contributed by atoms with Crippen molar-refractivity contribution in [2.75, 3.05) is 7.05 Å². The summed E-state index contributed by atoms with van der Waals surface area (Å²) in [5, 5.41) is 3.21. The van der Waals surface area contributed by atoms with Crippen LogP contribution in [0.3, 0.4) is 0 Å². The van der Waals surface area contributed by atoms with Crippen LogP contribution < -0.4 is 5.32 Å². The van der Waals surface area contributed by atoms with Gasteiger partial charge in [-0.1, -0.05) is 6.42 Å². The highest BCUT2D eigenvalue weighted by Crippen LogP contribution is 2.22. The summed E-state index contributed by atoms with van der Waals surface area (Å²) in [7, 11) is 2.00. The largest absolute Gasteiger partial charge is 0.316 e. The number of pyridine rings is 1. The SMILES string of the molecule is CNCc1cncc2c1CCCCC2. The number of rotatable bonds is 2. The van der Waals surface area contributed by atoms with E-state index in [1.807, 2.05) is 13.2 Å². The number of hydrogen-bond donors (Lipinski definition) is 1. The van der Waals surface area contributed by atoms with E-state index in [4.69, 9.17) is 0 Å². The van der Waals surface area contributed by atoms with Gasteiger partial charge >= 0.3 is 0 Å². The van der Waals surface area contributed by atoms with Crippen LogP contribution in [-0.4, -0.2) is 12.0 Å². The van der Waals surface area contributed by atoms with E-state index in [9.17, 15) is 0 Å². The van der Waals surface area contributed by atoms with Crippen LogP contribution in [0.1, 0.15) is 36.0 Å². The van der Waals surface area contributed by atoms with E-state index in [1.54, 1.807) is 5.56 Å². The van der Waals surface area contributed by atoms with Gasteiger partial charge in [-0.2, -0.15) is 0 Å². The summed E-state index contributed by atoms with van der Waals surface area (Å²) in [6.07, 6.45) is 10.6. The Balaban J connectivity index is 2.32. The van der Waals surface area contributed by atoms with Gasteiger partial charge in [-0.15, -0.1) is 0 Å². The Bertz CT molecular complexity index is 307. The summed E-state index contributed by atoms with van der Waals surface area (Å²) in [6.45, 7) is 0.955. The monoisotopic (exact) mass is 190 g/mol. The van der Waals surface area contributed by atoms with Gasteiger partial charge < -0.3 is 5.32 Å². The standard InChI is InChI=1S/C12H18N2/c1-13-7-11-9-14-8-10-5-3-2-4-6-12(10)11/h8-9,13H,2-7H2,1H3. The third-order valence-corrected chi connectivity index (χ3v) is 2.98. The van der Waals surface area contributed by atoms with E-state index in [-0.39, 0.29) is 0 Å². The average molecular weight is 190 g/mol. The molecule has 2 rings (SSSR count). The van der Waals surface area contributed by atoms with E-state index >= 15 is 0 Å². The van der Waals surface area contributed by atoms with Crippen molar-refractivity contribution in [3.05, 3.63) is 29.1 Å². The van der Waals surface area contributed by atoms with E-state index in [0.29, 0.717) is 0 Å². The van der Waals surface area contributed by atoms with Crippen molar-refractivity contribution in [3.63, 3.8) is 0 Å². The smallest absolute Gasteiger partial charge is 0.0315 e. The van der Waals surface area contributed by atoms with Crippen LogP contribution in [0.4, 0.5) is 0 Å². The lowest BCUT2D eigenvalue weighted by Gasteiger charge is -2.10. The van der Waals surface area contributed by atoms with Crippen LogP contribution in [0.5, 0.6) is 0 Å². The summed E-state index contributed by atoms with van der Waals surface area (Å²) in [5.74, 6) is 0. The van der Waals surface area contributed by atoms with Gasteiger partial charge in [-0.05, 0) is 49.4 Å². The first-order valence-electron chi connectivity index (χ1n) is 5.51. The second kappa shape index (κ2) is 4.56. The van der Waals surface area contributed by atoms with Crippen LogP contribution in [0, 0.1) is 0 Å². The highest BCUT2D eigenvalue weighted by molar-refractivity contribution is 5.32. The maximum absolute atomic E-state index is 4.32. The van der Waals surface area contributed by atoms with Crippen LogP contribution in [0.15, 0.2) is 12.4 Å². The number of nitrogens with one attached hydrogen (secondary N) is 1. The fourth-order valence-corrected chi connectivity index (χ4v) is 2.25. The number of hydrogen-bond acceptors (Lipinski definition) is 2. The fourth-order valence-electron chi connectivity index (χ4n) is 2.25. The molecule has 0 saturated carbocycles. The second-order valence-corrected chi connectivity index (χ2v) is 4.03. The predicted octanol–water partition coefficient (Wildman–Crippen LogP) is 2.07. The normalized spacial score (nSPS) is 16.1. The molecule has 0 spiro atoms. The summed E-state index contributed by atoms with van der Waals surface area (Å²) >= 11 is 0. The Labute approximate surface area is 85.7 Å². The molecule has 2 nitrogen and oxygen atoms in total. The maximum Gasteiger partial charge on any atom is 0.0315 e. The highest BCUT2D eigenvalue weighted by Gasteiger charge is 2.11. The predicted molar refractivity (Wildman–Crippen MR) is 58.3 cm³/mol. The summed E-state index contributed by atoms with van der Waals surface area (Å²) in [6, 6.07) is 0. The van der Waals surface area contributed by atoms with Gasteiger partial charge in [-0.3, -0.25) is 4.98 Å². The zero-order valence-electron chi connectivity index (χ0n) is 8.84. The molecule has 0 aliphatic heterocycles. The molecule has 1 aliphatic rings. The molecular weight excluding hydrogens is 172 g/mol. The lowest BCUT2D eigenvalue weighted by atomic mass is 10.0. The Hall–Kier alpha value is -0.890. The third-order valence-electron chi connectivity index (χ3n) is 2.98. The number of aryl methyl sites for hydroxylation is 1. The molecule has 1 N–H and O–H groups in total. The molecule has 0 aromatic carbocycles. The van der Waals surface area contributed by atoms with Gasteiger partial charge in [-0.25, -0.2) is 0 Å². The highest BCUT2D eigenvalue weighted by atomic mass is 14.8. The Kier molecular flexibility index (Phi) is 3.14. The van der Waals surface area contributed by atoms with Crippen molar-refractivity contribution in [1.29, 1.82) is 0 Å². The lowest BCUT2D eigenvalue weighted by Crippen LogP contribution is -2.09. The molecule has 76 valence electrons. The second-order valence-electron chi connectivity index (χ2n) is 4.03. The topological polar surface area (TPSA) is 24.9 Å². The quantitative estimate of drug-likeness (QED) is 0.722. The first-order valence-corrected chi connectivity index (χ1v) is 5.51. The lowest BCUT2D eigenvalue weighted by molar-refractivity contribution is 0.708. The molecule has 0 bridgehead atoms. The molecule has 0 saturated heterocycles. The first kappa shape index (κ1) is 9.66. The van der Waals surface area contributed by atoms with Gasteiger partial charge in [0.2, 0.25) is 0 Å². The fraction of sp³-hybridized carbons (Fsp3) is 0.583. The molecule has 0 fully saturated rings. The minimum absolute atomic E-state index is 0.955. The molecule has 14 heavy (non-hydrogen) atoms. The summed E-state index contributed by atoms with van der Waals surface area (Å²) in [5.41, 5.74) is 4.44.